The van der Waals surface area contributed by atoms with Crippen molar-refractivity contribution in [2.45, 2.75) is 46.5 Å². The molecule has 0 saturated carbocycles. The Bertz CT molecular complexity index is 704. The van der Waals surface area contributed by atoms with E-state index in [2.05, 4.69) is 24.5 Å². The van der Waals surface area contributed by atoms with Gasteiger partial charge in [0.2, 0.25) is 5.91 Å². The molecule has 1 aromatic carbocycles. The molecule has 0 aliphatic rings. The van der Waals surface area contributed by atoms with Crippen molar-refractivity contribution in [3.63, 3.8) is 0 Å². The molecule has 2 N–H and O–H groups in total. The smallest absolute Gasteiger partial charge is 0.265 e. The molecule has 1 aromatic heterocycles. The summed E-state index contributed by atoms with van der Waals surface area (Å²) in [4.78, 5) is 25.3. The van der Waals surface area contributed by atoms with Crippen LogP contribution in [0.25, 0.3) is 0 Å². The molecule has 0 fully saturated rings. The van der Waals surface area contributed by atoms with E-state index in [9.17, 15) is 9.59 Å². The minimum absolute atomic E-state index is 0.0634. The Morgan fingerprint density at radius 3 is 2.36 bits per heavy atom. The fourth-order valence-electron chi connectivity index (χ4n) is 2.82. The van der Waals surface area contributed by atoms with Crippen LogP contribution in [0.5, 0.6) is 0 Å². The number of aryl methyl sites for hydroxylation is 1. The summed E-state index contributed by atoms with van der Waals surface area (Å²) in [5.41, 5.74) is 2.45. The van der Waals surface area contributed by atoms with Crippen LogP contribution in [0.15, 0.2) is 35.7 Å². The van der Waals surface area contributed by atoms with E-state index in [0.717, 1.165) is 42.6 Å². The molecule has 2 amide bonds. The molecule has 0 bridgehead atoms. The third-order valence-corrected chi connectivity index (χ3v) is 5.00. The van der Waals surface area contributed by atoms with Crippen LogP contribution in [-0.4, -0.2) is 11.8 Å². The highest BCUT2D eigenvalue weighted by molar-refractivity contribution is 7.12. The molecule has 0 saturated heterocycles. The zero-order valence-electron chi connectivity index (χ0n) is 15.1. The summed E-state index contributed by atoms with van der Waals surface area (Å²) in [5, 5.41) is 7.80. The highest BCUT2D eigenvalue weighted by Gasteiger charge is 2.17. The predicted molar refractivity (Wildman–Crippen MR) is 105 cm³/mol. The van der Waals surface area contributed by atoms with Gasteiger partial charge < -0.3 is 10.6 Å². The third-order valence-electron chi connectivity index (χ3n) is 4.13. The second kappa shape index (κ2) is 9.37. The molecule has 0 aliphatic heterocycles. The van der Waals surface area contributed by atoms with Crippen LogP contribution in [0.3, 0.4) is 0 Å². The number of rotatable bonds is 8. The van der Waals surface area contributed by atoms with Crippen LogP contribution in [0, 0.1) is 12.8 Å². The van der Waals surface area contributed by atoms with Gasteiger partial charge in [-0.05, 0) is 55.0 Å². The van der Waals surface area contributed by atoms with Gasteiger partial charge in [-0.25, -0.2) is 0 Å². The van der Waals surface area contributed by atoms with E-state index in [4.69, 9.17) is 0 Å². The molecular weight excluding hydrogens is 332 g/mol. The fourth-order valence-corrected chi connectivity index (χ4v) is 3.44. The van der Waals surface area contributed by atoms with Crippen molar-refractivity contribution in [2.75, 3.05) is 10.6 Å². The van der Waals surface area contributed by atoms with Gasteiger partial charge >= 0.3 is 0 Å². The topological polar surface area (TPSA) is 58.2 Å². The standard InChI is InChI=1S/C20H26N2O2S/c1-4-7-15(8-5-2)19(23)21-16-10-11-17(14(3)13-16)22-20(24)18-9-6-12-25-18/h6,9-13,15H,4-5,7-8H2,1-3H3,(H,21,23)(H,22,24). The number of thiophene rings is 1. The highest BCUT2D eigenvalue weighted by atomic mass is 32.1. The first-order valence-corrected chi connectivity index (χ1v) is 9.69. The fraction of sp³-hybridized carbons (Fsp3) is 0.400. The number of amides is 2. The highest BCUT2D eigenvalue weighted by Crippen LogP contribution is 2.23. The van der Waals surface area contributed by atoms with Gasteiger partial charge in [0.15, 0.2) is 0 Å². The Morgan fingerprint density at radius 1 is 1.08 bits per heavy atom. The van der Waals surface area contributed by atoms with Gasteiger partial charge in [0.1, 0.15) is 0 Å². The zero-order chi connectivity index (χ0) is 18.2. The Balaban J connectivity index is 2.03. The van der Waals surface area contributed by atoms with Crippen molar-refractivity contribution >= 4 is 34.5 Å². The summed E-state index contributed by atoms with van der Waals surface area (Å²) in [6.45, 7) is 6.13. The zero-order valence-corrected chi connectivity index (χ0v) is 15.9. The summed E-state index contributed by atoms with van der Waals surface area (Å²) < 4.78 is 0. The van der Waals surface area contributed by atoms with Gasteiger partial charge in [0, 0.05) is 17.3 Å². The molecule has 0 unspecified atom stereocenters. The lowest BCUT2D eigenvalue weighted by atomic mass is 9.97. The summed E-state index contributed by atoms with van der Waals surface area (Å²) in [6, 6.07) is 9.23. The Kier molecular flexibility index (Phi) is 7.19. The van der Waals surface area contributed by atoms with Crippen LogP contribution in [0.1, 0.15) is 54.8 Å². The normalized spacial score (nSPS) is 10.7. The molecule has 4 nitrogen and oxygen atoms in total. The first-order chi connectivity index (χ1) is 12.0. The first kappa shape index (κ1) is 19.2. The maximum Gasteiger partial charge on any atom is 0.265 e. The average Bonchev–Trinajstić information content (AvgIpc) is 3.11. The van der Waals surface area contributed by atoms with E-state index in [1.54, 1.807) is 6.07 Å². The van der Waals surface area contributed by atoms with Gasteiger partial charge in [-0.1, -0.05) is 32.8 Å². The van der Waals surface area contributed by atoms with E-state index in [0.29, 0.717) is 4.88 Å². The third kappa shape index (κ3) is 5.43. The molecule has 0 aliphatic carbocycles. The lowest BCUT2D eigenvalue weighted by molar-refractivity contribution is -0.120. The van der Waals surface area contributed by atoms with Crippen molar-refractivity contribution in [1.82, 2.24) is 0 Å². The summed E-state index contributed by atoms with van der Waals surface area (Å²) in [6.07, 6.45) is 3.83. The van der Waals surface area contributed by atoms with Gasteiger partial charge in [0.05, 0.1) is 4.88 Å². The van der Waals surface area contributed by atoms with Gasteiger partial charge in [-0.15, -0.1) is 11.3 Å². The van der Waals surface area contributed by atoms with Gasteiger partial charge in [-0.3, -0.25) is 9.59 Å². The predicted octanol–water partition coefficient (Wildman–Crippen LogP) is 5.46. The molecule has 0 atom stereocenters. The van der Waals surface area contributed by atoms with Crippen molar-refractivity contribution in [3.05, 3.63) is 46.2 Å². The number of carbonyl (C=O) groups excluding carboxylic acids is 2. The molecule has 134 valence electrons. The largest absolute Gasteiger partial charge is 0.326 e. The van der Waals surface area contributed by atoms with Gasteiger partial charge in [0.25, 0.3) is 5.91 Å². The van der Waals surface area contributed by atoms with Crippen molar-refractivity contribution < 1.29 is 9.59 Å². The molecular formula is C20H26N2O2S. The van der Waals surface area contributed by atoms with E-state index in [1.165, 1.54) is 11.3 Å². The van der Waals surface area contributed by atoms with E-state index < -0.39 is 0 Å². The van der Waals surface area contributed by atoms with Crippen LogP contribution in [0.2, 0.25) is 0 Å². The number of hydrogen-bond acceptors (Lipinski definition) is 3. The monoisotopic (exact) mass is 358 g/mol. The number of benzene rings is 1. The van der Waals surface area contributed by atoms with Crippen molar-refractivity contribution in [3.8, 4) is 0 Å². The molecule has 0 radical (unpaired) electrons. The van der Waals surface area contributed by atoms with Crippen LogP contribution in [0.4, 0.5) is 11.4 Å². The minimum atomic E-state index is -0.110. The number of carbonyl (C=O) groups is 2. The molecule has 2 aromatic rings. The Labute approximate surface area is 153 Å². The molecule has 2 rings (SSSR count). The second-order valence-electron chi connectivity index (χ2n) is 6.22. The number of nitrogens with one attached hydrogen (secondary N) is 2. The molecule has 5 heteroatoms. The summed E-state index contributed by atoms with van der Waals surface area (Å²) in [5.74, 6) is 0.0350. The summed E-state index contributed by atoms with van der Waals surface area (Å²) >= 11 is 1.41. The average molecular weight is 359 g/mol. The lowest BCUT2D eigenvalue weighted by Crippen LogP contribution is -2.22. The van der Waals surface area contributed by atoms with Crippen LogP contribution in [-0.2, 0) is 4.79 Å². The maximum absolute atomic E-state index is 12.4. The molecule has 1 heterocycles. The minimum Gasteiger partial charge on any atom is -0.326 e. The quantitative estimate of drug-likeness (QED) is 0.658. The van der Waals surface area contributed by atoms with Crippen LogP contribution >= 0.6 is 11.3 Å². The van der Waals surface area contributed by atoms with Crippen LogP contribution < -0.4 is 10.6 Å². The SMILES string of the molecule is CCCC(CCC)C(=O)Nc1ccc(NC(=O)c2cccs2)c(C)c1. The first-order valence-electron chi connectivity index (χ1n) is 8.81. The summed E-state index contributed by atoms with van der Waals surface area (Å²) in [7, 11) is 0. The van der Waals surface area contributed by atoms with Crippen molar-refractivity contribution in [1.29, 1.82) is 0 Å². The second-order valence-corrected chi connectivity index (χ2v) is 7.17. The lowest BCUT2D eigenvalue weighted by Gasteiger charge is -2.16. The molecule has 25 heavy (non-hydrogen) atoms. The van der Waals surface area contributed by atoms with E-state index in [1.807, 2.05) is 36.6 Å². The van der Waals surface area contributed by atoms with E-state index in [-0.39, 0.29) is 17.7 Å². The van der Waals surface area contributed by atoms with E-state index >= 15 is 0 Å². The maximum atomic E-state index is 12.4. The van der Waals surface area contributed by atoms with Crippen molar-refractivity contribution in [2.24, 2.45) is 5.92 Å². The Hall–Kier alpha value is -2.14. The molecule has 0 spiro atoms. The number of anilines is 2. The number of hydrogen-bond donors (Lipinski definition) is 2. The Morgan fingerprint density at radius 2 is 1.80 bits per heavy atom. The van der Waals surface area contributed by atoms with Gasteiger partial charge in [-0.2, -0.15) is 0 Å².